The van der Waals surface area contributed by atoms with E-state index in [9.17, 15) is 0 Å². The summed E-state index contributed by atoms with van der Waals surface area (Å²) in [5, 5.41) is 4.00. The molecule has 3 heterocycles. The van der Waals surface area contributed by atoms with Crippen LogP contribution in [0.4, 0.5) is 0 Å². The first-order chi connectivity index (χ1) is 11.2. The van der Waals surface area contributed by atoms with E-state index in [-0.39, 0.29) is 6.04 Å². The summed E-state index contributed by atoms with van der Waals surface area (Å²) in [6, 6.07) is 4.73. The maximum absolute atomic E-state index is 5.39. The third-order valence-electron chi connectivity index (χ3n) is 4.77. The summed E-state index contributed by atoms with van der Waals surface area (Å²) in [7, 11) is 0. The topological polar surface area (TPSA) is 58.3 Å². The van der Waals surface area contributed by atoms with Crippen LogP contribution >= 0.6 is 0 Å². The second kappa shape index (κ2) is 7.19. The number of pyridine rings is 1. The first kappa shape index (κ1) is 16.1. The molecule has 0 aliphatic carbocycles. The molecule has 0 N–H and O–H groups in total. The van der Waals surface area contributed by atoms with Crippen molar-refractivity contribution in [1.29, 1.82) is 0 Å². The number of rotatable bonds is 5. The van der Waals surface area contributed by atoms with Gasteiger partial charge >= 0.3 is 0 Å². The number of nitrogens with zero attached hydrogens (tertiary/aromatic N) is 5. The van der Waals surface area contributed by atoms with Crippen LogP contribution in [0.2, 0.25) is 0 Å². The first-order valence-electron chi connectivity index (χ1n) is 8.39. The van der Waals surface area contributed by atoms with Gasteiger partial charge in [0.25, 0.3) is 0 Å². The van der Waals surface area contributed by atoms with Gasteiger partial charge in [-0.25, -0.2) is 0 Å². The van der Waals surface area contributed by atoms with Crippen molar-refractivity contribution >= 4 is 0 Å². The summed E-state index contributed by atoms with van der Waals surface area (Å²) in [6.45, 7) is 10.5. The van der Waals surface area contributed by atoms with Crippen molar-refractivity contribution in [3.63, 3.8) is 0 Å². The number of aryl methyl sites for hydroxylation is 1. The second-order valence-corrected chi connectivity index (χ2v) is 6.11. The Morgan fingerprint density at radius 1 is 1.13 bits per heavy atom. The van der Waals surface area contributed by atoms with Crippen molar-refractivity contribution in [2.24, 2.45) is 0 Å². The number of piperazine rings is 1. The summed E-state index contributed by atoms with van der Waals surface area (Å²) in [5.41, 5.74) is 1.28. The number of hydrogen-bond acceptors (Lipinski definition) is 6. The highest BCUT2D eigenvalue weighted by atomic mass is 16.5. The monoisotopic (exact) mass is 315 g/mol. The van der Waals surface area contributed by atoms with Crippen LogP contribution in [0, 0.1) is 0 Å². The van der Waals surface area contributed by atoms with Crippen LogP contribution in [0.1, 0.15) is 50.1 Å². The van der Waals surface area contributed by atoms with Crippen LogP contribution in [-0.2, 0) is 6.42 Å². The maximum Gasteiger partial charge on any atom is 0.243 e. The minimum Gasteiger partial charge on any atom is -0.338 e. The quantitative estimate of drug-likeness (QED) is 0.845. The van der Waals surface area contributed by atoms with Gasteiger partial charge in [0.15, 0.2) is 5.82 Å². The Morgan fingerprint density at radius 3 is 2.39 bits per heavy atom. The normalized spacial score (nSPS) is 19.6. The van der Waals surface area contributed by atoms with Gasteiger partial charge in [-0.2, -0.15) is 4.98 Å². The maximum atomic E-state index is 5.39. The van der Waals surface area contributed by atoms with E-state index in [0.717, 1.165) is 44.3 Å². The molecule has 0 saturated carbocycles. The fourth-order valence-corrected chi connectivity index (χ4v) is 3.08. The highest BCUT2D eigenvalue weighted by Crippen LogP contribution is 2.24. The molecule has 6 heteroatoms. The second-order valence-electron chi connectivity index (χ2n) is 6.11. The van der Waals surface area contributed by atoms with Gasteiger partial charge in [0, 0.05) is 51.0 Å². The molecule has 0 bridgehead atoms. The third kappa shape index (κ3) is 3.59. The lowest BCUT2D eigenvalue weighted by Gasteiger charge is -2.39. The van der Waals surface area contributed by atoms with E-state index in [1.807, 2.05) is 25.4 Å². The highest BCUT2D eigenvalue weighted by molar-refractivity contribution is 5.13. The molecule has 0 spiro atoms. The lowest BCUT2D eigenvalue weighted by atomic mass is 10.1. The van der Waals surface area contributed by atoms with Gasteiger partial charge in [0.1, 0.15) is 0 Å². The minimum absolute atomic E-state index is 0.179. The molecular weight excluding hydrogens is 290 g/mol. The third-order valence-corrected chi connectivity index (χ3v) is 4.77. The predicted octanol–water partition coefficient (Wildman–Crippen LogP) is 2.47. The zero-order chi connectivity index (χ0) is 16.2. The molecule has 3 rings (SSSR count). The summed E-state index contributed by atoms with van der Waals surface area (Å²) >= 11 is 0. The van der Waals surface area contributed by atoms with Crippen LogP contribution in [0.5, 0.6) is 0 Å². The minimum atomic E-state index is 0.179. The number of hydrogen-bond donors (Lipinski definition) is 0. The average molecular weight is 315 g/mol. The molecule has 23 heavy (non-hydrogen) atoms. The Morgan fingerprint density at radius 2 is 1.83 bits per heavy atom. The van der Waals surface area contributed by atoms with Crippen LogP contribution in [0.15, 0.2) is 29.0 Å². The smallest absolute Gasteiger partial charge is 0.243 e. The van der Waals surface area contributed by atoms with Gasteiger partial charge in [-0.15, -0.1) is 0 Å². The molecule has 2 atom stereocenters. The van der Waals surface area contributed by atoms with E-state index >= 15 is 0 Å². The molecule has 6 nitrogen and oxygen atoms in total. The van der Waals surface area contributed by atoms with E-state index in [0.29, 0.717) is 6.04 Å². The first-order valence-corrected chi connectivity index (χ1v) is 8.39. The molecule has 2 aromatic rings. The zero-order valence-electron chi connectivity index (χ0n) is 14.1. The molecule has 0 radical (unpaired) electrons. The standard InChI is InChI=1S/C17H25N5O/c1-4-16-19-17(23-20-16)14(3)22-10-8-21(9-11-22)13(2)15-6-5-7-18-12-15/h5-7,12-14H,4,8-11H2,1-3H3/t13-,14-/m0/s1. The van der Waals surface area contributed by atoms with Gasteiger partial charge in [-0.3, -0.25) is 14.8 Å². The summed E-state index contributed by atoms with van der Waals surface area (Å²) in [4.78, 5) is 13.6. The van der Waals surface area contributed by atoms with E-state index in [2.05, 4.69) is 44.8 Å². The van der Waals surface area contributed by atoms with Gasteiger partial charge in [0.05, 0.1) is 6.04 Å². The summed E-state index contributed by atoms with van der Waals surface area (Å²) in [5.74, 6) is 1.52. The van der Waals surface area contributed by atoms with Crippen molar-refractivity contribution in [2.75, 3.05) is 26.2 Å². The van der Waals surface area contributed by atoms with Crippen LogP contribution in [-0.4, -0.2) is 51.1 Å². The fraction of sp³-hybridized carbons (Fsp3) is 0.588. The summed E-state index contributed by atoms with van der Waals surface area (Å²) < 4.78 is 5.39. The molecule has 0 aromatic carbocycles. The molecular formula is C17H25N5O. The Hall–Kier alpha value is -1.79. The van der Waals surface area contributed by atoms with E-state index in [1.165, 1.54) is 5.56 Å². The molecule has 1 saturated heterocycles. The largest absolute Gasteiger partial charge is 0.338 e. The average Bonchev–Trinajstić information content (AvgIpc) is 3.10. The Labute approximate surface area is 137 Å². The van der Waals surface area contributed by atoms with Crippen LogP contribution < -0.4 is 0 Å². The van der Waals surface area contributed by atoms with E-state index < -0.39 is 0 Å². The summed E-state index contributed by atoms with van der Waals surface area (Å²) in [6.07, 6.45) is 4.60. The lowest BCUT2D eigenvalue weighted by Crippen LogP contribution is -2.47. The van der Waals surface area contributed by atoms with Crippen molar-refractivity contribution in [3.05, 3.63) is 41.8 Å². The molecule has 124 valence electrons. The molecule has 1 aliphatic rings. The zero-order valence-corrected chi connectivity index (χ0v) is 14.1. The molecule has 0 unspecified atom stereocenters. The van der Waals surface area contributed by atoms with Crippen molar-refractivity contribution in [2.45, 2.75) is 39.3 Å². The Kier molecular flexibility index (Phi) is 5.03. The van der Waals surface area contributed by atoms with Crippen molar-refractivity contribution in [3.8, 4) is 0 Å². The molecule has 1 aliphatic heterocycles. The SMILES string of the molecule is CCc1noc([C@H](C)N2CCN([C@@H](C)c3cccnc3)CC2)n1. The lowest BCUT2D eigenvalue weighted by molar-refractivity contribution is 0.0677. The van der Waals surface area contributed by atoms with Crippen molar-refractivity contribution in [1.82, 2.24) is 24.9 Å². The van der Waals surface area contributed by atoms with Gasteiger partial charge in [0.2, 0.25) is 5.89 Å². The van der Waals surface area contributed by atoms with Gasteiger partial charge in [-0.05, 0) is 25.5 Å². The van der Waals surface area contributed by atoms with E-state index in [1.54, 1.807) is 0 Å². The highest BCUT2D eigenvalue weighted by Gasteiger charge is 2.27. The Balaban J connectivity index is 1.57. The molecule has 0 amide bonds. The van der Waals surface area contributed by atoms with E-state index in [4.69, 9.17) is 4.52 Å². The van der Waals surface area contributed by atoms with Crippen LogP contribution in [0.25, 0.3) is 0 Å². The predicted molar refractivity (Wildman–Crippen MR) is 87.9 cm³/mol. The van der Waals surface area contributed by atoms with Crippen LogP contribution in [0.3, 0.4) is 0 Å². The van der Waals surface area contributed by atoms with Gasteiger partial charge in [-0.1, -0.05) is 18.1 Å². The van der Waals surface area contributed by atoms with Crippen molar-refractivity contribution < 1.29 is 4.52 Å². The molecule has 1 fully saturated rings. The number of aromatic nitrogens is 3. The Bertz CT molecular complexity index is 606. The molecule has 2 aromatic heterocycles. The van der Waals surface area contributed by atoms with Gasteiger partial charge < -0.3 is 4.52 Å². The fourth-order valence-electron chi connectivity index (χ4n) is 3.08.